The Morgan fingerprint density at radius 3 is 2.59 bits per heavy atom. The maximum atomic E-state index is 10.6. The standard InChI is InChI=1S/C12H18N2O2S/c15-14(16)12-8-7-11(17-12)9-13-10-5-3-1-2-4-6-10/h7-8,10,13H,1-6,9H2. The molecule has 1 aliphatic carbocycles. The first kappa shape index (κ1) is 12.5. The van der Waals surface area contributed by atoms with E-state index in [4.69, 9.17) is 0 Å². The molecule has 0 amide bonds. The van der Waals surface area contributed by atoms with E-state index >= 15 is 0 Å². The second-order valence-corrected chi connectivity index (χ2v) is 5.71. The molecular weight excluding hydrogens is 236 g/mol. The molecule has 2 rings (SSSR count). The van der Waals surface area contributed by atoms with Gasteiger partial charge in [0.1, 0.15) is 0 Å². The highest BCUT2D eigenvalue weighted by Gasteiger charge is 2.13. The molecule has 1 aliphatic rings. The SMILES string of the molecule is O=[N+]([O-])c1ccc(CNC2CCCCCC2)s1. The highest BCUT2D eigenvalue weighted by Crippen LogP contribution is 2.24. The van der Waals surface area contributed by atoms with E-state index in [1.54, 1.807) is 6.07 Å². The molecule has 4 nitrogen and oxygen atoms in total. The zero-order chi connectivity index (χ0) is 12.1. The summed E-state index contributed by atoms with van der Waals surface area (Å²) in [6.07, 6.45) is 7.80. The van der Waals surface area contributed by atoms with Crippen LogP contribution in [0, 0.1) is 10.1 Å². The third kappa shape index (κ3) is 3.78. The van der Waals surface area contributed by atoms with Crippen molar-refractivity contribution in [2.24, 2.45) is 0 Å². The number of nitrogens with one attached hydrogen (secondary N) is 1. The number of hydrogen-bond donors (Lipinski definition) is 1. The van der Waals surface area contributed by atoms with E-state index in [1.165, 1.54) is 49.9 Å². The van der Waals surface area contributed by atoms with Gasteiger partial charge in [0.15, 0.2) is 0 Å². The quantitative estimate of drug-likeness (QED) is 0.508. The second kappa shape index (κ2) is 6.12. The molecule has 1 aromatic heterocycles. The number of thiophene rings is 1. The van der Waals surface area contributed by atoms with Crippen molar-refractivity contribution in [1.29, 1.82) is 0 Å². The zero-order valence-corrected chi connectivity index (χ0v) is 10.7. The molecule has 1 heterocycles. The van der Waals surface area contributed by atoms with Crippen molar-refractivity contribution in [1.82, 2.24) is 5.32 Å². The van der Waals surface area contributed by atoms with Gasteiger partial charge in [-0.3, -0.25) is 10.1 Å². The van der Waals surface area contributed by atoms with Gasteiger partial charge in [0.2, 0.25) is 0 Å². The van der Waals surface area contributed by atoms with Crippen LogP contribution in [0.2, 0.25) is 0 Å². The molecule has 0 spiro atoms. The smallest absolute Gasteiger partial charge is 0.309 e. The summed E-state index contributed by atoms with van der Waals surface area (Å²) >= 11 is 1.27. The van der Waals surface area contributed by atoms with Crippen molar-refractivity contribution in [2.45, 2.75) is 51.1 Å². The zero-order valence-electron chi connectivity index (χ0n) is 9.85. The van der Waals surface area contributed by atoms with Crippen LogP contribution in [0.25, 0.3) is 0 Å². The highest BCUT2D eigenvalue weighted by atomic mass is 32.1. The average molecular weight is 254 g/mol. The van der Waals surface area contributed by atoms with E-state index in [9.17, 15) is 10.1 Å². The predicted molar refractivity (Wildman–Crippen MR) is 69.3 cm³/mol. The van der Waals surface area contributed by atoms with Crippen molar-refractivity contribution in [3.63, 3.8) is 0 Å². The summed E-state index contributed by atoms with van der Waals surface area (Å²) in [5, 5.41) is 14.3. The minimum atomic E-state index is -0.320. The Balaban J connectivity index is 1.81. The fraction of sp³-hybridized carbons (Fsp3) is 0.667. The highest BCUT2D eigenvalue weighted by molar-refractivity contribution is 7.15. The van der Waals surface area contributed by atoms with E-state index in [0.717, 1.165) is 11.4 Å². The van der Waals surface area contributed by atoms with Gasteiger partial charge in [-0.2, -0.15) is 0 Å². The second-order valence-electron chi connectivity index (χ2n) is 4.57. The molecule has 0 unspecified atom stereocenters. The van der Waals surface area contributed by atoms with Gasteiger partial charge in [-0.25, -0.2) is 0 Å². The molecule has 0 bridgehead atoms. The molecule has 0 aliphatic heterocycles. The largest absolute Gasteiger partial charge is 0.324 e. The van der Waals surface area contributed by atoms with Gasteiger partial charge in [-0.05, 0) is 18.9 Å². The van der Waals surface area contributed by atoms with Crippen LogP contribution in [0.15, 0.2) is 12.1 Å². The summed E-state index contributed by atoms with van der Waals surface area (Å²) in [6.45, 7) is 0.767. The molecule has 1 fully saturated rings. The minimum absolute atomic E-state index is 0.239. The van der Waals surface area contributed by atoms with E-state index in [1.807, 2.05) is 6.07 Å². The Kier molecular flexibility index (Phi) is 4.50. The van der Waals surface area contributed by atoms with Gasteiger partial charge in [0, 0.05) is 23.5 Å². The number of nitrogens with zero attached hydrogens (tertiary/aromatic N) is 1. The molecule has 0 atom stereocenters. The van der Waals surface area contributed by atoms with Crippen molar-refractivity contribution in [2.75, 3.05) is 0 Å². The van der Waals surface area contributed by atoms with Crippen LogP contribution >= 0.6 is 11.3 Å². The Morgan fingerprint density at radius 2 is 2.00 bits per heavy atom. The fourth-order valence-corrected chi connectivity index (χ4v) is 3.06. The number of nitro groups is 1. The van der Waals surface area contributed by atoms with Crippen molar-refractivity contribution in [3.8, 4) is 0 Å². The van der Waals surface area contributed by atoms with Crippen LogP contribution in [-0.4, -0.2) is 11.0 Å². The van der Waals surface area contributed by atoms with Crippen LogP contribution in [0.1, 0.15) is 43.4 Å². The Labute approximate surface area is 105 Å². The van der Waals surface area contributed by atoms with E-state index in [2.05, 4.69) is 5.32 Å². The lowest BCUT2D eigenvalue weighted by Crippen LogP contribution is -2.27. The summed E-state index contributed by atoms with van der Waals surface area (Å²) in [5.74, 6) is 0. The molecule has 94 valence electrons. The van der Waals surface area contributed by atoms with Crippen molar-refractivity contribution < 1.29 is 4.92 Å². The molecular formula is C12H18N2O2S. The normalized spacial score (nSPS) is 17.9. The molecule has 1 N–H and O–H groups in total. The fourth-order valence-electron chi connectivity index (χ4n) is 2.29. The van der Waals surface area contributed by atoms with E-state index in [0.29, 0.717) is 6.04 Å². The Bertz CT molecular complexity index is 370. The van der Waals surface area contributed by atoms with Gasteiger partial charge in [0.05, 0.1) is 4.92 Å². The Hall–Kier alpha value is -0.940. The van der Waals surface area contributed by atoms with Crippen LogP contribution in [0.4, 0.5) is 5.00 Å². The third-order valence-electron chi connectivity index (χ3n) is 3.25. The van der Waals surface area contributed by atoms with Gasteiger partial charge < -0.3 is 5.32 Å². The number of rotatable bonds is 4. The molecule has 5 heteroatoms. The minimum Gasteiger partial charge on any atom is -0.309 e. The maximum Gasteiger partial charge on any atom is 0.324 e. The molecule has 0 radical (unpaired) electrons. The molecule has 17 heavy (non-hydrogen) atoms. The lowest BCUT2D eigenvalue weighted by atomic mass is 10.1. The third-order valence-corrected chi connectivity index (χ3v) is 4.28. The van der Waals surface area contributed by atoms with E-state index < -0.39 is 0 Å². The predicted octanol–water partition coefficient (Wildman–Crippen LogP) is 3.47. The van der Waals surface area contributed by atoms with Crippen LogP contribution < -0.4 is 5.32 Å². The van der Waals surface area contributed by atoms with Crippen LogP contribution in [0.3, 0.4) is 0 Å². The maximum absolute atomic E-state index is 10.6. The molecule has 0 aromatic carbocycles. The van der Waals surface area contributed by atoms with Gasteiger partial charge in [-0.15, -0.1) is 0 Å². The molecule has 1 saturated carbocycles. The topological polar surface area (TPSA) is 55.2 Å². The van der Waals surface area contributed by atoms with Crippen LogP contribution in [0.5, 0.6) is 0 Å². The monoisotopic (exact) mass is 254 g/mol. The Morgan fingerprint density at radius 1 is 1.29 bits per heavy atom. The summed E-state index contributed by atoms with van der Waals surface area (Å²) in [5.41, 5.74) is 0. The summed E-state index contributed by atoms with van der Waals surface area (Å²) < 4.78 is 0. The van der Waals surface area contributed by atoms with Crippen molar-refractivity contribution >= 4 is 16.3 Å². The molecule has 0 saturated heterocycles. The first-order chi connectivity index (χ1) is 8.25. The van der Waals surface area contributed by atoms with Crippen LogP contribution in [-0.2, 0) is 6.54 Å². The summed E-state index contributed by atoms with van der Waals surface area (Å²) in [6, 6.07) is 4.04. The average Bonchev–Trinajstić information content (AvgIpc) is 2.63. The lowest BCUT2D eigenvalue weighted by molar-refractivity contribution is -0.380. The lowest BCUT2D eigenvalue weighted by Gasteiger charge is -2.15. The van der Waals surface area contributed by atoms with E-state index in [-0.39, 0.29) is 9.92 Å². The first-order valence-electron chi connectivity index (χ1n) is 6.22. The molecule has 1 aromatic rings. The van der Waals surface area contributed by atoms with Gasteiger partial charge >= 0.3 is 5.00 Å². The van der Waals surface area contributed by atoms with Crippen molar-refractivity contribution in [3.05, 3.63) is 27.1 Å². The number of hydrogen-bond acceptors (Lipinski definition) is 4. The summed E-state index contributed by atoms with van der Waals surface area (Å²) in [7, 11) is 0. The summed E-state index contributed by atoms with van der Waals surface area (Å²) in [4.78, 5) is 11.3. The van der Waals surface area contributed by atoms with Gasteiger partial charge in [0.25, 0.3) is 0 Å². The van der Waals surface area contributed by atoms with Gasteiger partial charge in [-0.1, -0.05) is 37.0 Å². The first-order valence-corrected chi connectivity index (χ1v) is 7.04.